The highest BCUT2D eigenvalue weighted by Crippen LogP contribution is 2.18. The molecule has 2 rings (SSSR count). The van der Waals surface area contributed by atoms with E-state index in [1.165, 1.54) is 29.2 Å². The van der Waals surface area contributed by atoms with Crippen molar-refractivity contribution in [3.05, 3.63) is 29.8 Å². The molecule has 1 fully saturated rings. The molecule has 1 aliphatic heterocycles. The molecule has 1 aliphatic rings. The van der Waals surface area contributed by atoms with Crippen LogP contribution in [0.3, 0.4) is 0 Å². The molecule has 0 unspecified atom stereocenters. The number of ether oxygens (including phenoxy) is 1. The Hall–Kier alpha value is -2.09. The second-order valence-electron chi connectivity index (χ2n) is 5.77. The molecule has 0 spiro atoms. The van der Waals surface area contributed by atoms with Crippen LogP contribution in [0.5, 0.6) is 5.75 Å². The van der Waals surface area contributed by atoms with Crippen LogP contribution in [0.4, 0.5) is 0 Å². The van der Waals surface area contributed by atoms with E-state index < -0.39 is 28.3 Å². The maximum atomic E-state index is 12.3. The van der Waals surface area contributed by atoms with E-state index in [1.807, 2.05) is 6.92 Å². The minimum Gasteiger partial charge on any atom is -0.508 e. The molecule has 0 aromatic heterocycles. The van der Waals surface area contributed by atoms with Gasteiger partial charge in [-0.05, 0) is 31.0 Å². The van der Waals surface area contributed by atoms with Gasteiger partial charge in [-0.2, -0.15) is 0 Å². The van der Waals surface area contributed by atoms with E-state index in [0.29, 0.717) is 19.4 Å². The van der Waals surface area contributed by atoms with Crippen molar-refractivity contribution in [2.45, 2.75) is 25.8 Å². The predicted molar refractivity (Wildman–Crippen MR) is 87.5 cm³/mol. The first-order valence-corrected chi connectivity index (χ1v) is 9.60. The molecule has 132 valence electrons. The van der Waals surface area contributed by atoms with Crippen LogP contribution in [0.25, 0.3) is 0 Å². The number of benzene rings is 1. The average molecular weight is 355 g/mol. The van der Waals surface area contributed by atoms with Gasteiger partial charge in [0.2, 0.25) is 0 Å². The molecular formula is C16H21NO6S. The summed E-state index contributed by atoms with van der Waals surface area (Å²) in [7, 11) is -3.10. The third-order valence-electron chi connectivity index (χ3n) is 3.84. The fraction of sp³-hybridized carbons (Fsp3) is 0.500. The fourth-order valence-electron chi connectivity index (χ4n) is 2.70. The SMILES string of the molecule is CCCN(C(=O)COC(=O)c1cccc(O)c1)[C@H]1CCS(=O)(=O)C1. The molecule has 1 saturated heterocycles. The first-order chi connectivity index (χ1) is 11.3. The van der Waals surface area contributed by atoms with Crippen molar-refractivity contribution in [3.8, 4) is 5.75 Å². The maximum Gasteiger partial charge on any atom is 0.338 e. The number of sulfone groups is 1. The van der Waals surface area contributed by atoms with Gasteiger partial charge in [0.15, 0.2) is 16.4 Å². The van der Waals surface area contributed by atoms with Crippen LogP contribution in [0, 0.1) is 0 Å². The molecular weight excluding hydrogens is 334 g/mol. The molecule has 1 atom stereocenters. The standard InChI is InChI=1S/C16H21NO6S/c1-2-7-17(13-6-8-24(21,22)11-13)15(19)10-23-16(20)12-4-3-5-14(18)9-12/h3-5,9,13,18H,2,6-8,10-11H2,1H3/t13-/m0/s1. The Morgan fingerprint density at radius 1 is 1.38 bits per heavy atom. The minimum atomic E-state index is -3.10. The lowest BCUT2D eigenvalue weighted by molar-refractivity contribution is -0.136. The normalized spacial score (nSPS) is 19.0. The van der Waals surface area contributed by atoms with Crippen molar-refractivity contribution in [1.29, 1.82) is 0 Å². The number of nitrogens with zero attached hydrogens (tertiary/aromatic N) is 1. The monoisotopic (exact) mass is 355 g/mol. The van der Waals surface area contributed by atoms with Crippen LogP contribution in [0.15, 0.2) is 24.3 Å². The van der Waals surface area contributed by atoms with Gasteiger partial charge >= 0.3 is 5.97 Å². The van der Waals surface area contributed by atoms with E-state index in [1.54, 1.807) is 0 Å². The van der Waals surface area contributed by atoms with Gasteiger partial charge in [-0.25, -0.2) is 13.2 Å². The smallest absolute Gasteiger partial charge is 0.338 e. The van der Waals surface area contributed by atoms with Crippen LogP contribution in [-0.4, -0.2) is 61.0 Å². The molecule has 1 aromatic carbocycles. The quantitative estimate of drug-likeness (QED) is 0.763. The minimum absolute atomic E-state index is 0.0424. The number of phenols is 1. The summed E-state index contributed by atoms with van der Waals surface area (Å²) in [5.74, 6) is -1.16. The Morgan fingerprint density at radius 2 is 2.12 bits per heavy atom. The summed E-state index contributed by atoms with van der Waals surface area (Å²) >= 11 is 0. The lowest BCUT2D eigenvalue weighted by atomic mass is 10.2. The molecule has 0 aliphatic carbocycles. The lowest BCUT2D eigenvalue weighted by Crippen LogP contribution is -2.43. The Bertz CT molecular complexity index is 715. The molecule has 0 radical (unpaired) electrons. The van der Waals surface area contributed by atoms with Crippen LogP contribution in [-0.2, 0) is 19.4 Å². The van der Waals surface area contributed by atoms with Crippen LogP contribution >= 0.6 is 0 Å². The van der Waals surface area contributed by atoms with Gasteiger partial charge in [0.25, 0.3) is 5.91 Å². The number of phenolic OH excluding ortho intramolecular Hbond substituents is 1. The Kier molecular flexibility index (Phi) is 5.82. The highest BCUT2D eigenvalue weighted by atomic mass is 32.2. The van der Waals surface area contributed by atoms with Crippen molar-refractivity contribution in [2.24, 2.45) is 0 Å². The zero-order valence-corrected chi connectivity index (χ0v) is 14.3. The largest absolute Gasteiger partial charge is 0.508 e. The Labute approximate surface area is 141 Å². The van der Waals surface area contributed by atoms with E-state index in [-0.39, 0.29) is 28.9 Å². The topological polar surface area (TPSA) is 101 Å². The summed E-state index contributed by atoms with van der Waals surface area (Å²) in [5, 5.41) is 9.35. The van der Waals surface area contributed by atoms with E-state index in [0.717, 1.165) is 0 Å². The first-order valence-electron chi connectivity index (χ1n) is 7.78. The number of rotatable bonds is 6. The molecule has 1 aromatic rings. The van der Waals surface area contributed by atoms with Gasteiger partial charge in [-0.1, -0.05) is 13.0 Å². The van der Waals surface area contributed by atoms with Crippen LogP contribution in [0.2, 0.25) is 0 Å². The van der Waals surface area contributed by atoms with E-state index >= 15 is 0 Å². The number of amides is 1. The highest BCUT2D eigenvalue weighted by molar-refractivity contribution is 7.91. The highest BCUT2D eigenvalue weighted by Gasteiger charge is 2.34. The number of carbonyl (C=O) groups is 2. The van der Waals surface area contributed by atoms with Crippen molar-refractivity contribution < 1.29 is 27.9 Å². The summed E-state index contributed by atoms with van der Waals surface area (Å²) in [5.41, 5.74) is 0.147. The molecule has 1 N–H and O–H groups in total. The Morgan fingerprint density at radius 3 is 2.71 bits per heavy atom. The molecule has 1 amide bonds. The van der Waals surface area contributed by atoms with Gasteiger partial charge < -0.3 is 14.7 Å². The first kappa shape index (κ1) is 18.3. The summed E-state index contributed by atoms with van der Waals surface area (Å²) in [6.45, 7) is 1.86. The molecule has 0 bridgehead atoms. The van der Waals surface area contributed by atoms with E-state index in [4.69, 9.17) is 4.74 Å². The van der Waals surface area contributed by atoms with Gasteiger partial charge in [0, 0.05) is 12.6 Å². The zero-order chi connectivity index (χ0) is 17.7. The second-order valence-corrected chi connectivity index (χ2v) is 8.00. The average Bonchev–Trinajstić information content (AvgIpc) is 2.89. The van der Waals surface area contributed by atoms with Gasteiger partial charge in [-0.15, -0.1) is 0 Å². The second kappa shape index (κ2) is 7.65. The maximum absolute atomic E-state index is 12.3. The van der Waals surface area contributed by atoms with Crippen molar-refractivity contribution in [1.82, 2.24) is 4.90 Å². The predicted octanol–water partition coefficient (Wildman–Crippen LogP) is 0.975. The number of aromatic hydroxyl groups is 1. The van der Waals surface area contributed by atoms with Crippen molar-refractivity contribution in [3.63, 3.8) is 0 Å². The molecule has 1 heterocycles. The Balaban J connectivity index is 1.97. The third kappa shape index (κ3) is 4.70. The van der Waals surface area contributed by atoms with Crippen molar-refractivity contribution >= 4 is 21.7 Å². The molecule has 7 nitrogen and oxygen atoms in total. The van der Waals surface area contributed by atoms with Crippen molar-refractivity contribution in [2.75, 3.05) is 24.7 Å². The van der Waals surface area contributed by atoms with Crippen LogP contribution < -0.4 is 0 Å². The molecule has 24 heavy (non-hydrogen) atoms. The summed E-state index contributed by atoms with van der Waals surface area (Å²) in [6, 6.07) is 5.29. The molecule has 8 heteroatoms. The summed E-state index contributed by atoms with van der Waals surface area (Å²) in [6.07, 6.45) is 1.09. The number of esters is 1. The number of hydrogen-bond donors (Lipinski definition) is 1. The van der Waals surface area contributed by atoms with Crippen LogP contribution in [0.1, 0.15) is 30.1 Å². The summed E-state index contributed by atoms with van der Waals surface area (Å²) < 4.78 is 28.2. The van der Waals surface area contributed by atoms with E-state index in [9.17, 15) is 23.1 Å². The lowest BCUT2D eigenvalue weighted by Gasteiger charge is -2.27. The number of hydrogen-bond acceptors (Lipinski definition) is 6. The van der Waals surface area contributed by atoms with E-state index in [2.05, 4.69) is 0 Å². The fourth-order valence-corrected chi connectivity index (χ4v) is 4.43. The summed E-state index contributed by atoms with van der Waals surface area (Å²) in [4.78, 5) is 25.7. The van der Waals surface area contributed by atoms with Gasteiger partial charge in [0.1, 0.15) is 5.75 Å². The molecule has 0 saturated carbocycles. The van der Waals surface area contributed by atoms with Gasteiger partial charge in [-0.3, -0.25) is 4.79 Å². The van der Waals surface area contributed by atoms with Gasteiger partial charge in [0.05, 0.1) is 17.1 Å². The third-order valence-corrected chi connectivity index (χ3v) is 5.59. The zero-order valence-electron chi connectivity index (χ0n) is 13.5. The number of carbonyl (C=O) groups excluding carboxylic acids is 2.